The predicted molar refractivity (Wildman–Crippen MR) is 65.1 cm³/mol. The number of hydrogen-bond acceptors (Lipinski definition) is 3. The highest BCUT2D eigenvalue weighted by Gasteiger charge is 2.11. The van der Waals surface area contributed by atoms with Crippen molar-refractivity contribution < 1.29 is 4.39 Å². The molecule has 2 N–H and O–H groups in total. The maximum atomic E-state index is 12.9. The molecule has 5 heteroatoms. The molecule has 0 aliphatic heterocycles. The molecule has 0 saturated carbocycles. The lowest BCUT2D eigenvalue weighted by Crippen LogP contribution is -2.01. The lowest BCUT2D eigenvalue weighted by molar-refractivity contribution is 0.628. The maximum Gasteiger partial charge on any atom is 0.125 e. The summed E-state index contributed by atoms with van der Waals surface area (Å²) in [5.74, 6) is -0.349. The molecule has 0 saturated heterocycles. The van der Waals surface area contributed by atoms with Gasteiger partial charge in [-0.2, -0.15) is 0 Å². The van der Waals surface area contributed by atoms with Crippen molar-refractivity contribution >= 4 is 22.9 Å². The molecule has 1 unspecified atom stereocenters. The number of halogens is 2. The van der Waals surface area contributed by atoms with Crippen LogP contribution in [-0.4, -0.2) is 4.98 Å². The van der Waals surface area contributed by atoms with Crippen LogP contribution in [0, 0.1) is 5.82 Å². The van der Waals surface area contributed by atoms with Crippen molar-refractivity contribution in [2.24, 2.45) is 5.73 Å². The van der Waals surface area contributed by atoms with Gasteiger partial charge in [0.1, 0.15) is 10.8 Å². The molecule has 0 bridgehead atoms. The fraction of sp³-hybridized carbons (Fsp3) is 0.182. The van der Waals surface area contributed by atoms with E-state index in [2.05, 4.69) is 4.98 Å². The number of thiazole rings is 1. The van der Waals surface area contributed by atoms with Crippen LogP contribution < -0.4 is 5.73 Å². The van der Waals surface area contributed by atoms with Gasteiger partial charge < -0.3 is 5.73 Å². The average Bonchev–Trinajstić information content (AvgIpc) is 2.66. The predicted octanol–water partition coefficient (Wildman–Crippen LogP) is 3.62. The Morgan fingerprint density at radius 1 is 1.50 bits per heavy atom. The quantitative estimate of drug-likeness (QED) is 0.891. The normalized spacial score (nSPS) is 12.8. The highest BCUT2D eigenvalue weighted by molar-refractivity contribution is 7.15. The number of benzene rings is 1. The van der Waals surface area contributed by atoms with Crippen LogP contribution in [0.5, 0.6) is 0 Å². The van der Waals surface area contributed by atoms with Crippen LogP contribution in [0.25, 0.3) is 10.6 Å². The van der Waals surface area contributed by atoms with Gasteiger partial charge in [-0.25, -0.2) is 9.37 Å². The third kappa shape index (κ3) is 2.24. The highest BCUT2D eigenvalue weighted by Crippen LogP contribution is 2.32. The van der Waals surface area contributed by atoms with Crippen LogP contribution in [0.2, 0.25) is 5.02 Å². The topological polar surface area (TPSA) is 38.9 Å². The van der Waals surface area contributed by atoms with Crippen molar-refractivity contribution in [3.8, 4) is 10.6 Å². The van der Waals surface area contributed by atoms with Gasteiger partial charge in [-0.1, -0.05) is 11.6 Å². The molecule has 0 spiro atoms. The standard InChI is InChI=1S/C11H10ClFN2S/c1-6(14)10-5-15-11(16-10)8-3-2-7(13)4-9(8)12/h2-6H,14H2,1H3. The Balaban J connectivity index is 2.42. The van der Waals surface area contributed by atoms with Crippen LogP contribution in [0.1, 0.15) is 17.8 Å². The van der Waals surface area contributed by atoms with Gasteiger partial charge in [0.25, 0.3) is 0 Å². The maximum absolute atomic E-state index is 12.9. The molecule has 0 aliphatic carbocycles. The Hall–Kier alpha value is -0.970. The largest absolute Gasteiger partial charge is 0.323 e. The fourth-order valence-corrected chi connectivity index (χ4v) is 2.51. The van der Waals surface area contributed by atoms with E-state index < -0.39 is 0 Å². The SMILES string of the molecule is CC(N)c1cnc(-c2ccc(F)cc2Cl)s1. The lowest BCUT2D eigenvalue weighted by atomic mass is 10.2. The summed E-state index contributed by atoms with van der Waals surface area (Å²) < 4.78 is 12.9. The first-order valence-corrected chi connectivity index (χ1v) is 5.94. The zero-order valence-corrected chi connectivity index (χ0v) is 10.1. The molecule has 0 amide bonds. The summed E-state index contributed by atoms with van der Waals surface area (Å²) in [6, 6.07) is 4.23. The lowest BCUT2D eigenvalue weighted by Gasteiger charge is -2.00. The molecule has 2 nitrogen and oxygen atoms in total. The minimum atomic E-state index is -0.349. The highest BCUT2D eigenvalue weighted by atomic mass is 35.5. The van der Waals surface area contributed by atoms with Crippen molar-refractivity contribution in [3.63, 3.8) is 0 Å². The van der Waals surface area contributed by atoms with E-state index in [1.807, 2.05) is 6.92 Å². The van der Waals surface area contributed by atoms with Gasteiger partial charge in [0.15, 0.2) is 0 Å². The van der Waals surface area contributed by atoms with Gasteiger partial charge in [-0.3, -0.25) is 0 Å². The van der Waals surface area contributed by atoms with E-state index in [0.717, 1.165) is 15.4 Å². The van der Waals surface area contributed by atoms with Crippen LogP contribution in [0.4, 0.5) is 4.39 Å². The summed E-state index contributed by atoms with van der Waals surface area (Å²) in [6.07, 6.45) is 1.73. The van der Waals surface area contributed by atoms with E-state index in [9.17, 15) is 4.39 Å². The van der Waals surface area contributed by atoms with Gasteiger partial charge in [-0.15, -0.1) is 11.3 Å². The van der Waals surface area contributed by atoms with Crippen molar-refractivity contribution in [2.45, 2.75) is 13.0 Å². The molecule has 2 rings (SSSR count). The van der Waals surface area contributed by atoms with E-state index in [-0.39, 0.29) is 11.9 Å². The van der Waals surface area contributed by atoms with E-state index in [1.54, 1.807) is 12.3 Å². The van der Waals surface area contributed by atoms with Crippen molar-refractivity contribution in [3.05, 3.63) is 40.1 Å². The number of rotatable bonds is 2. The second-order valence-corrected chi connectivity index (χ2v) is 4.95. The summed E-state index contributed by atoms with van der Waals surface area (Å²) in [5, 5.41) is 1.13. The molecule has 16 heavy (non-hydrogen) atoms. The van der Waals surface area contributed by atoms with Gasteiger partial charge >= 0.3 is 0 Å². The Bertz CT molecular complexity index is 510. The van der Waals surface area contributed by atoms with E-state index in [1.165, 1.54) is 23.5 Å². The minimum Gasteiger partial charge on any atom is -0.323 e. The minimum absolute atomic E-state index is 0.0505. The second kappa shape index (κ2) is 4.49. The third-order valence-electron chi connectivity index (χ3n) is 2.13. The Kier molecular flexibility index (Phi) is 3.23. The molecule has 2 aromatic rings. The molecule has 0 radical (unpaired) electrons. The molecular weight excluding hydrogens is 247 g/mol. The monoisotopic (exact) mass is 256 g/mol. The first kappa shape index (κ1) is 11.5. The zero-order valence-electron chi connectivity index (χ0n) is 8.58. The summed E-state index contributed by atoms with van der Waals surface area (Å²) >= 11 is 7.42. The van der Waals surface area contributed by atoms with Gasteiger partial charge in [0, 0.05) is 22.7 Å². The fourth-order valence-electron chi connectivity index (χ4n) is 1.28. The molecule has 0 fully saturated rings. The molecule has 1 aromatic heterocycles. The summed E-state index contributed by atoms with van der Waals surface area (Å²) in [7, 11) is 0. The van der Waals surface area contributed by atoms with E-state index in [0.29, 0.717) is 5.02 Å². The summed E-state index contributed by atoms with van der Waals surface area (Å²) in [4.78, 5) is 5.21. The van der Waals surface area contributed by atoms with E-state index >= 15 is 0 Å². The van der Waals surface area contributed by atoms with Gasteiger partial charge in [-0.05, 0) is 25.1 Å². The first-order valence-electron chi connectivity index (χ1n) is 4.74. The molecule has 1 aromatic carbocycles. The molecule has 1 heterocycles. The second-order valence-electron chi connectivity index (χ2n) is 3.48. The number of nitrogens with two attached hydrogens (primary N) is 1. The Labute approximate surface area is 102 Å². The number of hydrogen-bond donors (Lipinski definition) is 1. The van der Waals surface area contributed by atoms with Crippen molar-refractivity contribution in [2.75, 3.05) is 0 Å². The zero-order chi connectivity index (χ0) is 11.7. The van der Waals surface area contributed by atoms with Gasteiger partial charge in [0.05, 0.1) is 5.02 Å². The molecule has 0 aliphatic rings. The first-order chi connectivity index (χ1) is 7.58. The number of aromatic nitrogens is 1. The van der Waals surface area contributed by atoms with Crippen LogP contribution >= 0.6 is 22.9 Å². The van der Waals surface area contributed by atoms with Crippen LogP contribution in [0.3, 0.4) is 0 Å². The Morgan fingerprint density at radius 3 is 2.81 bits per heavy atom. The third-order valence-corrected chi connectivity index (χ3v) is 3.68. The molecular formula is C11H10ClFN2S. The summed E-state index contributed by atoms with van der Waals surface area (Å²) in [5.41, 5.74) is 6.48. The average molecular weight is 257 g/mol. The van der Waals surface area contributed by atoms with Crippen LogP contribution in [0.15, 0.2) is 24.4 Å². The van der Waals surface area contributed by atoms with Crippen molar-refractivity contribution in [1.29, 1.82) is 0 Å². The molecule has 84 valence electrons. The smallest absolute Gasteiger partial charge is 0.125 e. The van der Waals surface area contributed by atoms with Gasteiger partial charge in [0.2, 0.25) is 0 Å². The van der Waals surface area contributed by atoms with Crippen molar-refractivity contribution in [1.82, 2.24) is 4.98 Å². The van der Waals surface area contributed by atoms with E-state index in [4.69, 9.17) is 17.3 Å². The molecule has 1 atom stereocenters. The number of nitrogens with zero attached hydrogens (tertiary/aromatic N) is 1. The summed E-state index contributed by atoms with van der Waals surface area (Å²) in [6.45, 7) is 1.89. The Morgan fingerprint density at radius 2 is 2.25 bits per heavy atom. The van der Waals surface area contributed by atoms with Crippen LogP contribution in [-0.2, 0) is 0 Å².